The number of nitrogens with zero attached hydrogens (tertiary/aromatic N) is 4. The van der Waals surface area contributed by atoms with E-state index in [2.05, 4.69) is 22.1 Å². The Morgan fingerprint density at radius 2 is 2.03 bits per heavy atom. The topological polar surface area (TPSA) is 61.4 Å². The molecule has 2 amide bonds. The number of rotatable bonds is 3. The first-order chi connectivity index (χ1) is 14.5. The second-order valence-electron chi connectivity index (χ2n) is 7.23. The van der Waals surface area contributed by atoms with E-state index in [1.807, 2.05) is 50.2 Å². The number of anilines is 3. The third-order valence-electron chi connectivity index (χ3n) is 5.25. The lowest BCUT2D eigenvalue weighted by Gasteiger charge is -2.25. The molecule has 8 heteroatoms. The number of carbonyl (C=O) groups is 1. The first kappa shape index (κ1) is 20.6. The Balaban J connectivity index is 1.73. The zero-order valence-corrected chi connectivity index (χ0v) is 18.8. The van der Waals surface area contributed by atoms with Crippen LogP contribution in [0.25, 0.3) is 11.3 Å². The number of urea groups is 1. The van der Waals surface area contributed by atoms with E-state index < -0.39 is 0 Å². The van der Waals surface area contributed by atoms with E-state index in [-0.39, 0.29) is 6.03 Å². The van der Waals surface area contributed by atoms with Crippen molar-refractivity contribution in [3.05, 3.63) is 52.0 Å². The minimum absolute atomic E-state index is 0.210. The molecule has 0 aliphatic carbocycles. The number of nitrogens with one attached hydrogen (secondary N) is 1. The minimum atomic E-state index is -0.210. The van der Waals surface area contributed by atoms with Gasteiger partial charge in [0.15, 0.2) is 10.9 Å². The number of benzene rings is 1. The maximum Gasteiger partial charge on any atom is 0.329 e. The molecule has 0 fully saturated rings. The van der Waals surface area contributed by atoms with Crippen molar-refractivity contribution in [2.75, 3.05) is 34.8 Å². The molecule has 4 rings (SSSR count). The van der Waals surface area contributed by atoms with E-state index in [9.17, 15) is 4.79 Å². The number of hydrogen-bond donors (Lipinski definition) is 1. The van der Waals surface area contributed by atoms with Crippen molar-refractivity contribution in [1.82, 2.24) is 9.97 Å². The van der Waals surface area contributed by atoms with Gasteiger partial charge in [0.2, 0.25) is 0 Å². The van der Waals surface area contributed by atoms with Gasteiger partial charge >= 0.3 is 6.03 Å². The molecular formula is C22H24ClN5OS. The molecule has 0 saturated heterocycles. The van der Waals surface area contributed by atoms with Crippen LogP contribution in [0.15, 0.2) is 36.4 Å². The maximum absolute atomic E-state index is 13.2. The van der Waals surface area contributed by atoms with Crippen LogP contribution in [0.1, 0.15) is 23.9 Å². The third kappa shape index (κ3) is 4.13. The zero-order chi connectivity index (χ0) is 21.3. The Morgan fingerprint density at radius 1 is 1.20 bits per heavy atom. The summed E-state index contributed by atoms with van der Waals surface area (Å²) in [6, 6.07) is 11.4. The number of thiazole rings is 1. The van der Waals surface area contributed by atoms with E-state index in [0.29, 0.717) is 22.5 Å². The van der Waals surface area contributed by atoms with Gasteiger partial charge in [-0.05, 0) is 51.5 Å². The van der Waals surface area contributed by atoms with E-state index in [0.717, 1.165) is 47.0 Å². The zero-order valence-electron chi connectivity index (χ0n) is 17.3. The van der Waals surface area contributed by atoms with Crippen LogP contribution in [0.3, 0.4) is 0 Å². The summed E-state index contributed by atoms with van der Waals surface area (Å²) in [6.07, 6.45) is 0.861. The van der Waals surface area contributed by atoms with Gasteiger partial charge in [-0.15, -0.1) is 11.3 Å². The van der Waals surface area contributed by atoms with Gasteiger partial charge in [0.1, 0.15) is 0 Å². The first-order valence-corrected chi connectivity index (χ1v) is 11.2. The highest BCUT2D eigenvalue weighted by molar-refractivity contribution is 7.15. The molecule has 156 valence electrons. The average Bonchev–Trinajstić information content (AvgIpc) is 2.94. The van der Waals surface area contributed by atoms with Crippen LogP contribution in [0, 0.1) is 13.8 Å². The normalized spacial score (nSPS) is 13.7. The lowest BCUT2D eigenvalue weighted by atomic mass is 10.1. The van der Waals surface area contributed by atoms with Gasteiger partial charge in [-0.2, -0.15) is 0 Å². The standard InChI is InChI=1S/C22H24ClN5OS/c1-4-27-11-6-12-28(22(29)26-21-24-14(2)15(3)30-21)20-19(27)10-9-18(25-20)16-7-5-8-17(23)13-16/h5,7-10,13H,4,6,11-12H2,1-3H3,(H,24,26,29). The summed E-state index contributed by atoms with van der Waals surface area (Å²) in [5, 5.41) is 4.22. The van der Waals surface area contributed by atoms with Gasteiger partial charge in [-0.3, -0.25) is 10.2 Å². The number of carbonyl (C=O) groups excluding carboxylic acids is 1. The fourth-order valence-electron chi connectivity index (χ4n) is 3.55. The molecule has 0 spiro atoms. The molecule has 30 heavy (non-hydrogen) atoms. The van der Waals surface area contributed by atoms with Gasteiger partial charge < -0.3 is 4.90 Å². The Kier molecular flexibility index (Phi) is 5.92. The number of halogens is 1. The molecule has 3 aromatic rings. The molecule has 0 saturated carbocycles. The Hall–Kier alpha value is -2.64. The highest BCUT2D eigenvalue weighted by atomic mass is 35.5. The quantitative estimate of drug-likeness (QED) is 0.562. The minimum Gasteiger partial charge on any atom is -0.369 e. The molecule has 1 N–H and O–H groups in total. The monoisotopic (exact) mass is 441 g/mol. The molecular weight excluding hydrogens is 418 g/mol. The van der Waals surface area contributed by atoms with Crippen LogP contribution < -0.4 is 15.1 Å². The lowest BCUT2D eigenvalue weighted by Crippen LogP contribution is -2.36. The molecule has 1 aliphatic heterocycles. The van der Waals surface area contributed by atoms with Crippen LogP contribution in [0.2, 0.25) is 5.02 Å². The van der Waals surface area contributed by atoms with Crippen LogP contribution in [0.4, 0.5) is 21.4 Å². The molecule has 0 unspecified atom stereocenters. The largest absolute Gasteiger partial charge is 0.369 e. The summed E-state index contributed by atoms with van der Waals surface area (Å²) in [6.45, 7) is 8.38. The van der Waals surface area contributed by atoms with Crippen molar-refractivity contribution in [3.8, 4) is 11.3 Å². The average molecular weight is 442 g/mol. The fraction of sp³-hybridized carbons (Fsp3) is 0.318. The molecule has 2 aromatic heterocycles. The Morgan fingerprint density at radius 3 is 2.73 bits per heavy atom. The smallest absolute Gasteiger partial charge is 0.329 e. The van der Waals surface area contributed by atoms with Crippen molar-refractivity contribution in [2.45, 2.75) is 27.2 Å². The fourth-order valence-corrected chi connectivity index (χ4v) is 4.55. The number of hydrogen-bond acceptors (Lipinski definition) is 5. The first-order valence-electron chi connectivity index (χ1n) is 10.0. The summed E-state index contributed by atoms with van der Waals surface area (Å²) < 4.78 is 0. The predicted molar refractivity (Wildman–Crippen MR) is 125 cm³/mol. The van der Waals surface area contributed by atoms with Crippen molar-refractivity contribution < 1.29 is 4.79 Å². The number of fused-ring (bicyclic) bond motifs is 1. The molecule has 0 radical (unpaired) electrons. The number of aromatic nitrogens is 2. The van der Waals surface area contributed by atoms with E-state index >= 15 is 0 Å². The van der Waals surface area contributed by atoms with Crippen molar-refractivity contribution in [2.24, 2.45) is 0 Å². The molecule has 0 bridgehead atoms. The molecule has 6 nitrogen and oxygen atoms in total. The molecule has 0 atom stereocenters. The van der Waals surface area contributed by atoms with Crippen LogP contribution in [0.5, 0.6) is 0 Å². The van der Waals surface area contributed by atoms with Crippen LogP contribution in [-0.2, 0) is 0 Å². The van der Waals surface area contributed by atoms with E-state index in [1.54, 1.807) is 4.90 Å². The van der Waals surface area contributed by atoms with Gasteiger partial charge in [-0.25, -0.2) is 14.8 Å². The maximum atomic E-state index is 13.2. The summed E-state index contributed by atoms with van der Waals surface area (Å²) >= 11 is 7.66. The van der Waals surface area contributed by atoms with Gasteiger partial charge in [0, 0.05) is 35.1 Å². The number of amides is 2. The second-order valence-corrected chi connectivity index (χ2v) is 8.86. The SMILES string of the molecule is CCN1CCCN(C(=O)Nc2nc(C)c(C)s2)c2nc(-c3cccc(Cl)c3)ccc21. The lowest BCUT2D eigenvalue weighted by molar-refractivity contribution is 0.257. The summed E-state index contributed by atoms with van der Waals surface area (Å²) in [5.74, 6) is 0.661. The van der Waals surface area contributed by atoms with Crippen molar-refractivity contribution >= 4 is 45.6 Å². The summed E-state index contributed by atoms with van der Waals surface area (Å²) in [4.78, 5) is 27.6. The summed E-state index contributed by atoms with van der Waals surface area (Å²) in [7, 11) is 0. The predicted octanol–water partition coefficient (Wildman–Crippen LogP) is 5.74. The molecule has 1 aliphatic rings. The van der Waals surface area contributed by atoms with Gasteiger partial charge in [-0.1, -0.05) is 23.7 Å². The second kappa shape index (κ2) is 8.62. The number of aryl methyl sites for hydroxylation is 2. The molecule has 1 aromatic carbocycles. The Bertz CT molecular complexity index is 1060. The molecule has 3 heterocycles. The van der Waals surface area contributed by atoms with Crippen LogP contribution in [-0.4, -0.2) is 35.6 Å². The van der Waals surface area contributed by atoms with Gasteiger partial charge in [0.05, 0.1) is 17.1 Å². The van der Waals surface area contributed by atoms with Crippen molar-refractivity contribution in [1.29, 1.82) is 0 Å². The van der Waals surface area contributed by atoms with Crippen molar-refractivity contribution in [3.63, 3.8) is 0 Å². The third-order valence-corrected chi connectivity index (χ3v) is 6.47. The van der Waals surface area contributed by atoms with Crippen LogP contribution >= 0.6 is 22.9 Å². The van der Waals surface area contributed by atoms with Gasteiger partial charge in [0.25, 0.3) is 0 Å². The highest BCUT2D eigenvalue weighted by Gasteiger charge is 2.27. The van der Waals surface area contributed by atoms with E-state index in [4.69, 9.17) is 16.6 Å². The van der Waals surface area contributed by atoms with E-state index in [1.165, 1.54) is 11.3 Å². The Labute approximate surface area is 185 Å². The summed E-state index contributed by atoms with van der Waals surface area (Å²) in [5.41, 5.74) is 3.60. The number of pyridine rings is 1. The highest BCUT2D eigenvalue weighted by Crippen LogP contribution is 2.34.